The number of hydrogen-bond donors (Lipinski definition) is 2. The molecule has 1 aromatic heterocycles. The summed E-state index contributed by atoms with van der Waals surface area (Å²) < 4.78 is 5.63. The van der Waals surface area contributed by atoms with Gasteiger partial charge in [0.1, 0.15) is 0 Å². The highest BCUT2D eigenvalue weighted by atomic mass is 79.9. The van der Waals surface area contributed by atoms with Crippen LogP contribution in [0.25, 0.3) is 0 Å². The van der Waals surface area contributed by atoms with Crippen molar-refractivity contribution in [3.05, 3.63) is 21.9 Å². The number of rotatable bonds is 6. The van der Waals surface area contributed by atoms with Gasteiger partial charge >= 0.3 is 0 Å². The van der Waals surface area contributed by atoms with E-state index in [9.17, 15) is 4.79 Å². The van der Waals surface area contributed by atoms with E-state index in [4.69, 9.17) is 22.1 Å². The molecule has 0 spiro atoms. The summed E-state index contributed by atoms with van der Waals surface area (Å²) >= 11 is 9.12. The van der Waals surface area contributed by atoms with Crippen molar-refractivity contribution in [1.82, 2.24) is 4.98 Å². The maximum absolute atomic E-state index is 11.8. The molecule has 1 amide bonds. The van der Waals surface area contributed by atoms with Crippen molar-refractivity contribution in [1.29, 1.82) is 0 Å². The lowest BCUT2D eigenvalue weighted by atomic mass is 10.1. The number of pyridine rings is 1. The fraction of sp³-hybridized carbons (Fsp3) is 0.455. The van der Waals surface area contributed by atoms with Gasteiger partial charge in [0, 0.05) is 24.4 Å². The Morgan fingerprint density at radius 3 is 3.11 bits per heavy atom. The Hall–Kier alpha value is -0.690. The second kappa shape index (κ2) is 7.68. The van der Waals surface area contributed by atoms with E-state index < -0.39 is 6.04 Å². The van der Waals surface area contributed by atoms with Gasteiger partial charge in [0.2, 0.25) is 5.91 Å². The van der Waals surface area contributed by atoms with Crippen LogP contribution in [-0.2, 0) is 9.53 Å². The van der Waals surface area contributed by atoms with Crippen molar-refractivity contribution in [2.75, 3.05) is 19.0 Å². The minimum Gasteiger partial charge on any atom is -0.385 e. The third-order valence-electron chi connectivity index (χ3n) is 2.26. The Morgan fingerprint density at radius 2 is 2.44 bits per heavy atom. The van der Waals surface area contributed by atoms with Crippen molar-refractivity contribution < 1.29 is 9.53 Å². The molecule has 0 aliphatic carbocycles. The summed E-state index contributed by atoms with van der Waals surface area (Å²) in [6.45, 7) is 0.584. The average Bonchev–Trinajstić information content (AvgIpc) is 2.34. The monoisotopic (exact) mass is 335 g/mol. The summed E-state index contributed by atoms with van der Waals surface area (Å²) in [5.41, 5.74) is 6.19. The first-order chi connectivity index (χ1) is 8.54. The quantitative estimate of drug-likeness (QED) is 0.616. The highest BCUT2D eigenvalue weighted by molar-refractivity contribution is 9.10. The minimum absolute atomic E-state index is 0.232. The maximum atomic E-state index is 11.8. The van der Waals surface area contributed by atoms with Crippen LogP contribution in [0.5, 0.6) is 0 Å². The van der Waals surface area contributed by atoms with E-state index in [2.05, 4.69) is 26.2 Å². The van der Waals surface area contributed by atoms with Crippen LogP contribution < -0.4 is 11.1 Å². The van der Waals surface area contributed by atoms with Crippen LogP contribution in [0.4, 0.5) is 5.69 Å². The summed E-state index contributed by atoms with van der Waals surface area (Å²) in [6.07, 6.45) is 2.84. The first-order valence-corrected chi connectivity index (χ1v) is 6.58. The third kappa shape index (κ3) is 4.89. The van der Waals surface area contributed by atoms with E-state index in [0.717, 1.165) is 10.9 Å². The van der Waals surface area contributed by atoms with E-state index in [1.54, 1.807) is 19.4 Å². The molecule has 1 heterocycles. The number of aromatic nitrogens is 1. The van der Waals surface area contributed by atoms with E-state index in [0.29, 0.717) is 18.7 Å². The van der Waals surface area contributed by atoms with Gasteiger partial charge in [-0.25, -0.2) is 4.98 Å². The molecule has 3 N–H and O–H groups in total. The lowest BCUT2D eigenvalue weighted by molar-refractivity contribution is -0.117. The summed E-state index contributed by atoms with van der Waals surface area (Å²) in [6, 6.07) is 1.09. The van der Waals surface area contributed by atoms with Crippen LogP contribution in [0, 0.1) is 0 Å². The van der Waals surface area contributed by atoms with Gasteiger partial charge in [0.25, 0.3) is 0 Å². The second-order valence-corrected chi connectivity index (χ2v) is 5.00. The topological polar surface area (TPSA) is 77.2 Å². The molecule has 0 aliphatic rings. The maximum Gasteiger partial charge on any atom is 0.241 e. The van der Waals surface area contributed by atoms with Gasteiger partial charge in [-0.2, -0.15) is 0 Å². The fourth-order valence-corrected chi connectivity index (χ4v) is 1.80. The Balaban J connectivity index is 2.55. The lowest BCUT2D eigenvalue weighted by Gasteiger charge is -2.12. The van der Waals surface area contributed by atoms with E-state index in [-0.39, 0.29) is 11.1 Å². The van der Waals surface area contributed by atoms with Crippen LogP contribution >= 0.6 is 27.5 Å². The smallest absolute Gasteiger partial charge is 0.241 e. The van der Waals surface area contributed by atoms with Crippen molar-refractivity contribution >= 4 is 39.1 Å². The molecule has 1 aromatic rings. The Labute approximate surface area is 119 Å². The molecule has 0 saturated carbocycles. The van der Waals surface area contributed by atoms with Crippen molar-refractivity contribution in [2.24, 2.45) is 5.73 Å². The number of nitrogens with one attached hydrogen (secondary N) is 1. The molecule has 0 fully saturated rings. The van der Waals surface area contributed by atoms with Crippen LogP contribution in [-0.4, -0.2) is 30.6 Å². The van der Waals surface area contributed by atoms with Gasteiger partial charge in [-0.05, 0) is 34.8 Å². The highest BCUT2D eigenvalue weighted by Gasteiger charge is 2.15. The Bertz CT molecular complexity index is 417. The molecule has 100 valence electrons. The van der Waals surface area contributed by atoms with Gasteiger partial charge in [-0.3, -0.25) is 4.79 Å². The zero-order valence-electron chi connectivity index (χ0n) is 9.95. The molecule has 1 atom stereocenters. The van der Waals surface area contributed by atoms with Crippen molar-refractivity contribution in [2.45, 2.75) is 18.9 Å². The Kier molecular flexibility index (Phi) is 6.56. The zero-order valence-corrected chi connectivity index (χ0v) is 12.3. The molecule has 18 heavy (non-hydrogen) atoms. The zero-order chi connectivity index (χ0) is 13.5. The molecule has 0 bridgehead atoms. The highest BCUT2D eigenvalue weighted by Crippen LogP contribution is 2.23. The summed E-state index contributed by atoms with van der Waals surface area (Å²) in [5, 5.41) is 2.88. The number of carbonyl (C=O) groups is 1. The number of hydrogen-bond acceptors (Lipinski definition) is 4. The van der Waals surface area contributed by atoms with Gasteiger partial charge < -0.3 is 15.8 Å². The van der Waals surface area contributed by atoms with Crippen molar-refractivity contribution in [3.8, 4) is 0 Å². The SMILES string of the molecule is COCCCC(N)C(=O)Nc1cc(Br)cnc1Cl. The van der Waals surface area contributed by atoms with E-state index >= 15 is 0 Å². The minimum atomic E-state index is -0.588. The lowest BCUT2D eigenvalue weighted by Crippen LogP contribution is -2.35. The number of amides is 1. The molecule has 1 unspecified atom stereocenters. The van der Waals surface area contributed by atoms with Crippen LogP contribution in [0.1, 0.15) is 12.8 Å². The fourth-order valence-electron chi connectivity index (χ4n) is 1.31. The van der Waals surface area contributed by atoms with E-state index in [1.807, 2.05) is 0 Å². The summed E-state index contributed by atoms with van der Waals surface area (Å²) in [4.78, 5) is 15.7. The number of ether oxygens (including phenoxy) is 1. The van der Waals surface area contributed by atoms with Gasteiger partial charge in [-0.15, -0.1) is 0 Å². The first-order valence-electron chi connectivity index (χ1n) is 5.41. The molecule has 7 heteroatoms. The number of nitrogens with two attached hydrogens (primary N) is 1. The number of carbonyl (C=O) groups excluding carboxylic acids is 1. The van der Waals surface area contributed by atoms with E-state index in [1.165, 1.54) is 0 Å². The number of anilines is 1. The van der Waals surface area contributed by atoms with Crippen LogP contribution in [0.2, 0.25) is 5.15 Å². The molecule has 0 aliphatic heterocycles. The van der Waals surface area contributed by atoms with Gasteiger partial charge in [0.15, 0.2) is 5.15 Å². The van der Waals surface area contributed by atoms with Crippen LogP contribution in [0.3, 0.4) is 0 Å². The predicted molar refractivity (Wildman–Crippen MR) is 74.7 cm³/mol. The molecule has 0 aromatic carbocycles. The predicted octanol–water partition coefficient (Wildman–Crippen LogP) is 2.19. The number of methoxy groups -OCH3 is 1. The molecule has 0 radical (unpaired) electrons. The largest absolute Gasteiger partial charge is 0.385 e. The average molecular weight is 337 g/mol. The number of nitrogens with zero attached hydrogens (tertiary/aromatic N) is 1. The molecule has 5 nitrogen and oxygen atoms in total. The standard InChI is InChI=1S/C11H15BrClN3O2/c1-18-4-2-3-8(14)11(17)16-9-5-7(12)6-15-10(9)13/h5-6,8H,2-4,14H2,1H3,(H,16,17). The normalized spacial score (nSPS) is 12.2. The summed E-state index contributed by atoms with van der Waals surface area (Å²) in [5.74, 6) is -0.284. The van der Waals surface area contributed by atoms with Crippen LogP contribution in [0.15, 0.2) is 16.7 Å². The van der Waals surface area contributed by atoms with Crippen molar-refractivity contribution in [3.63, 3.8) is 0 Å². The Morgan fingerprint density at radius 1 is 1.72 bits per heavy atom. The molecule has 1 rings (SSSR count). The second-order valence-electron chi connectivity index (χ2n) is 3.72. The molecular formula is C11H15BrClN3O2. The summed E-state index contributed by atoms with van der Waals surface area (Å²) in [7, 11) is 1.61. The van der Waals surface area contributed by atoms with Gasteiger partial charge in [-0.1, -0.05) is 11.6 Å². The third-order valence-corrected chi connectivity index (χ3v) is 3.00. The number of halogens is 2. The first kappa shape index (κ1) is 15.4. The molecule has 0 saturated heterocycles. The molecular weight excluding hydrogens is 321 g/mol. The van der Waals surface area contributed by atoms with Gasteiger partial charge in [0.05, 0.1) is 11.7 Å².